The average molecular weight is 403 g/mol. The predicted octanol–water partition coefficient (Wildman–Crippen LogP) is 5.13. The number of sulfonamides is 1. The molecule has 7 heteroatoms. The first-order valence-electron chi connectivity index (χ1n) is 8.65. The van der Waals surface area contributed by atoms with Gasteiger partial charge in [-0.1, -0.05) is 38.1 Å². The lowest BCUT2D eigenvalue weighted by Crippen LogP contribution is -2.12. The van der Waals surface area contributed by atoms with E-state index in [1.54, 1.807) is 12.1 Å². The van der Waals surface area contributed by atoms with Gasteiger partial charge in [-0.05, 0) is 42.2 Å². The van der Waals surface area contributed by atoms with Crippen LogP contribution in [0.3, 0.4) is 0 Å². The van der Waals surface area contributed by atoms with E-state index in [4.69, 9.17) is 4.74 Å². The standard InChI is InChI=1S/C20H22N2O3S2/c1-4-14(2)15-5-7-16(8-6-15)19-13-26-20(21-19)22-27(23,24)18-11-9-17(25-3)10-12-18/h5-14H,4H2,1-3H3,(H,21,22). The fourth-order valence-electron chi connectivity index (χ4n) is 2.60. The highest BCUT2D eigenvalue weighted by atomic mass is 32.2. The van der Waals surface area contributed by atoms with Crippen molar-refractivity contribution in [2.24, 2.45) is 0 Å². The molecule has 27 heavy (non-hydrogen) atoms. The molecule has 0 spiro atoms. The van der Waals surface area contributed by atoms with Gasteiger partial charge < -0.3 is 4.74 Å². The summed E-state index contributed by atoms with van der Waals surface area (Å²) in [4.78, 5) is 4.59. The predicted molar refractivity (Wildman–Crippen MR) is 110 cm³/mol. The van der Waals surface area contributed by atoms with E-state index >= 15 is 0 Å². The molecule has 1 unspecified atom stereocenters. The second-order valence-corrected chi connectivity index (χ2v) is 8.79. The lowest BCUT2D eigenvalue weighted by atomic mass is 9.97. The first kappa shape index (κ1) is 19.4. The minimum Gasteiger partial charge on any atom is -0.497 e. The van der Waals surface area contributed by atoms with Gasteiger partial charge in [-0.3, -0.25) is 4.72 Å². The number of hydrogen-bond acceptors (Lipinski definition) is 5. The number of thiazole rings is 1. The smallest absolute Gasteiger partial charge is 0.263 e. The Morgan fingerprint density at radius 3 is 2.37 bits per heavy atom. The molecular formula is C20H22N2O3S2. The van der Waals surface area contributed by atoms with Crippen LogP contribution in [0.25, 0.3) is 11.3 Å². The zero-order valence-corrected chi connectivity index (χ0v) is 17.1. The Morgan fingerprint density at radius 1 is 1.11 bits per heavy atom. The van der Waals surface area contributed by atoms with Crippen molar-refractivity contribution in [3.8, 4) is 17.0 Å². The summed E-state index contributed by atoms with van der Waals surface area (Å²) in [6.45, 7) is 4.37. The van der Waals surface area contributed by atoms with Crippen LogP contribution in [0.1, 0.15) is 31.7 Å². The van der Waals surface area contributed by atoms with E-state index in [0.29, 0.717) is 16.8 Å². The average Bonchev–Trinajstić information content (AvgIpc) is 3.15. The minimum atomic E-state index is -3.69. The van der Waals surface area contributed by atoms with Crippen molar-refractivity contribution in [1.29, 1.82) is 0 Å². The van der Waals surface area contributed by atoms with Gasteiger partial charge in [0.2, 0.25) is 0 Å². The number of nitrogens with one attached hydrogen (secondary N) is 1. The van der Waals surface area contributed by atoms with Gasteiger partial charge in [0.15, 0.2) is 5.13 Å². The summed E-state index contributed by atoms with van der Waals surface area (Å²) in [6.07, 6.45) is 1.09. The van der Waals surface area contributed by atoms with Crippen molar-refractivity contribution in [1.82, 2.24) is 4.98 Å². The highest BCUT2D eigenvalue weighted by Gasteiger charge is 2.16. The highest BCUT2D eigenvalue weighted by molar-refractivity contribution is 7.93. The molecule has 0 fully saturated rings. The number of ether oxygens (including phenoxy) is 1. The molecule has 0 bridgehead atoms. The molecule has 3 aromatic rings. The maximum absolute atomic E-state index is 12.5. The third-order valence-electron chi connectivity index (χ3n) is 4.48. The van der Waals surface area contributed by atoms with E-state index in [-0.39, 0.29) is 4.90 Å². The molecule has 0 aliphatic carbocycles. The second-order valence-electron chi connectivity index (χ2n) is 6.25. The fourth-order valence-corrected chi connectivity index (χ4v) is 4.57. The van der Waals surface area contributed by atoms with Gasteiger partial charge in [0.05, 0.1) is 17.7 Å². The fraction of sp³-hybridized carbons (Fsp3) is 0.250. The molecule has 0 aliphatic heterocycles. The van der Waals surface area contributed by atoms with Crippen molar-refractivity contribution in [3.63, 3.8) is 0 Å². The highest BCUT2D eigenvalue weighted by Crippen LogP contribution is 2.28. The van der Waals surface area contributed by atoms with Gasteiger partial charge in [-0.15, -0.1) is 11.3 Å². The minimum absolute atomic E-state index is 0.165. The van der Waals surface area contributed by atoms with Gasteiger partial charge in [0, 0.05) is 10.9 Å². The summed E-state index contributed by atoms with van der Waals surface area (Å²) in [5.74, 6) is 1.12. The van der Waals surface area contributed by atoms with Crippen LogP contribution >= 0.6 is 11.3 Å². The number of nitrogens with zero attached hydrogens (tertiary/aromatic N) is 1. The Labute approximate surface area is 164 Å². The monoisotopic (exact) mass is 402 g/mol. The van der Waals surface area contributed by atoms with E-state index in [1.165, 1.54) is 36.1 Å². The van der Waals surface area contributed by atoms with Crippen molar-refractivity contribution in [2.45, 2.75) is 31.1 Å². The number of anilines is 1. The molecule has 0 radical (unpaired) electrons. The van der Waals surface area contributed by atoms with E-state index in [0.717, 1.165) is 17.7 Å². The van der Waals surface area contributed by atoms with Crippen molar-refractivity contribution < 1.29 is 13.2 Å². The Bertz CT molecular complexity index is 994. The number of methoxy groups -OCH3 is 1. The first-order chi connectivity index (χ1) is 12.9. The van der Waals surface area contributed by atoms with Crippen LogP contribution < -0.4 is 9.46 Å². The molecule has 3 rings (SSSR count). The molecule has 1 atom stereocenters. The zero-order valence-electron chi connectivity index (χ0n) is 15.5. The second kappa shape index (κ2) is 8.10. The van der Waals surface area contributed by atoms with Gasteiger partial charge in [0.25, 0.3) is 10.0 Å². The lowest BCUT2D eigenvalue weighted by molar-refractivity contribution is 0.414. The number of rotatable bonds is 7. The number of aromatic nitrogens is 1. The van der Waals surface area contributed by atoms with Gasteiger partial charge in [0.1, 0.15) is 5.75 Å². The third kappa shape index (κ3) is 4.48. The Balaban J connectivity index is 1.77. The number of hydrogen-bond donors (Lipinski definition) is 1. The molecule has 1 heterocycles. The summed E-state index contributed by atoms with van der Waals surface area (Å²) < 4.78 is 32.6. The van der Waals surface area contributed by atoms with Gasteiger partial charge >= 0.3 is 0 Å². The molecule has 2 aromatic carbocycles. The molecule has 0 saturated carbocycles. The summed E-state index contributed by atoms with van der Waals surface area (Å²) >= 11 is 1.26. The van der Waals surface area contributed by atoms with Crippen molar-refractivity contribution >= 4 is 26.5 Å². The van der Waals surface area contributed by atoms with Crippen molar-refractivity contribution in [3.05, 3.63) is 59.5 Å². The summed E-state index contributed by atoms with van der Waals surface area (Å²) in [5, 5.41) is 2.19. The largest absolute Gasteiger partial charge is 0.497 e. The van der Waals surface area contributed by atoms with Crippen LogP contribution in [0.4, 0.5) is 5.13 Å². The summed E-state index contributed by atoms with van der Waals surface area (Å²) in [5.41, 5.74) is 3.01. The molecule has 5 nitrogen and oxygen atoms in total. The van der Waals surface area contributed by atoms with E-state index in [1.807, 2.05) is 17.5 Å². The summed E-state index contributed by atoms with van der Waals surface area (Å²) in [7, 11) is -2.15. The third-order valence-corrected chi connectivity index (χ3v) is 6.73. The van der Waals surface area contributed by atoms with E-state index in [2.05, 4.69) is 35.7 Å². The lowest BCUT2D eigenvalue weighted by Gasteiger charge is -2.09. The Kier molecular flexibility index (Phi) is 5.82. The van der Waals surface area contributed by atoms with E-state index < -0.39 is 10.0 Å². The number of benzene rings is 2. The van der Waals surface area contributed by atoms with Crippen LogP contribution in [0.5, 0.6) is 5.75 Å². The maximum atomic E-state index is 12.5. The first-order valence-corrected chi connectivity index (χ1v) is 11.0. The molecular weight excluding hydrogens is 380 g/mol. The van der Waals surface area contributed by atoms with Gasteiger partial charge in [-0.25, -0.2) is 13.4 Å². The van der Waals surface area contributed by atoms with Crippen LogP contribution in [0.2, 0.25) is 0 Å². The van der Waals surface area contributed by atoms with Crippen LogP contribution in [-0.4, -0.2) is 20.5 Å². The molecule has 0 aliphatic rings. The van der Waals surface area contributed by atoms with Gasteiger partial charge in [-0.2, -0.15) is 0 Å². The molecule has 0 saturated heterocycles. The Morgan fingerprint density at radius 2 is 1.78 bits per heavy atom. The molecule has 1 aromatic heterocycles. The molecule has 1 N–H and O–H groups in total. The van der Waals surface area contributed by atoms with Crippen LogP contribution in [-0.2, 0) is 10.0 Å². The van der Waals surface area contributed by atoms with Crippen LogP contribution in [0, 0.1) is 0 Å². The van der Waals surface area contributed by atoms with E-state index in [9.17, 15) is 8.42 Å². The topological polar surface area (TPSA) is 68.3 Å². The quantitative estimate of drug-likeness (QED) is 0.595. The molecule has 0 amide bonds. The van der Waals surface area contributed by atoms with Crippen molar-refractivity contribution in [2.75, 3.05) is 11.8 Å². The maximum Gasteiger partial charge on any atom is 0.263 e. The summed E-state index contributed by atoms with van der Waals surface area (Å²) in [6, 6.07) is 14.5. The Hall–Kier alpha value is -2.38. The molecule has 142 valence electrons. The normalized spacial score (nSPS) is 12.6. The SMILES string of the molecule is CCC(C)c1ccc(-c2csc(NS(=O)(=O)c3ccc(OC)cc3)n2)cc1. The zero-order chi connectivity index (χ0) is 19.4. The van der Waals surface area contributed by atoms with Crippen LogP contribution in [0.15, 0.2) is 58.8 Å².